The molecule has 0 saturated carbocycles. The summed E-state index contributed by atoms with van der Waals surface area (Å²) in [5.74, 6) is -0.397. The minimum atomic E-state index is -0.397. The van der Waals surface area contributed by atoms with Crippen LogP contribution in [0.15, 0.2) is 18.2 Å². The molecule has 2 N–H and O–H groups in total. The standard InChI is InChI=1S/C10H13ClFN.ClH/c1-2-4-9(13)7-5-3-6-8(12)10(7)11;/h3,5-6,9H,2,4,13H2,1H3;1H/t9-;/m1./s1. The quantitative estimate of drug-likeness (QED) is 0.853. The maximum absolute atomic E-state index is 13.0. The lowest BCUT2D eigenvalue weighted by Gasteiger charge is -2.12. The highest BCUT2D eigenvalue weighted by Gasteiger charge is 2.11. The van der Waals surface area contributed by atoms with Crippen molar-refractivity contribution in [2.24, 2.45) is 5.73 Å². The molecule has 1 aromatic carbocycles. The van der Waals surface area contributed by atoms with Crippen molar-refractivity contribution in [2.75, 3.05) is 0 Å². The molecule has 0 unspecified atom stereocenters. The number of nitrogens with two attached hydrogens (primary N) is 1. The molecule has 0 amide bonds. The molecule has 1 atom stereocenters. The highest BCUT2D eigenvalue weighted by molar-refractivity contribution is 6.31. The van der Waals surface area contributed by atoms with Crippen molar-refractivity contribution < 1.29 is 4.39 Å². The van der Waals surface area contributed by atoms with Gasteiger partial charge in [0.2, 0.25) is 0 Å². The van der Waals surface area contributed by atoms with Gasteiger partial charge < -0.3 is 5.73 Å². The van der Waals surface area contributed by atoms with Gasteiger partial charge in [-0.05, 0) is 18.1 Å². The molecule has 4 heteroatoms. The van der Waals surface area contributed by atoms with Gasteiger partial charge >= 0.3 is 0 Å². The van der Waals surface area contributed by atoms with E-state index in [0.29, 0.717) is 5.56 Å². The number of benzene rings is 1. The van der Waals surface area contributed by atoms with Gasteiger partial charge in [0.05, 0.1) is 5.02 Å². The van der Waals surface area contributed by atoms with Crippen LogP contribution in [0.4, 0.5) is 4.39 Å². The largest absolute Gasteiger partial charge is 0.324 e. The van der Waals surface area contributed by atoms with Crippen molar-refractivity contribution in [1.29, 1.82) is 0 Å². The smallest absolute Gasteiger partial charge is 0.142 e. The fourth-order valence-corrected chi connectivity index (χ4v) is 1.54. The van der Waals surface area contributed by atoms with Crippen molar-refractivity contribution >= 4 is 24.0 Å². The Morgan fingerprint density at radius 3 is 2.71 bits per heavy atom. The first-order valence-electron chi connectivity index (χ1n) is 4.36. The zero-order valence-corrected chi connectivity index (χ0v) is 9.54. The van der Waals surface area contributed by atoms with Crippen LogP contribution in [0.2, 0.25) is 5.02 Å². The Morgan fingerprint density at radius 2 is 2.14 bits per heavy atom. The number of rotatable bonds is 3. The average Bonchev–Trinajstić information content (AvgIpc) is 2.10. The Labute approximate surface area is 94.9 Å². The molecule has 0 aromatic heterocycles. The van der Waals surface area contributed by atoms with Crippen LogP contribution in [0.1, 0.15) is 31.4 Å². The van der Waals surface area contributed by atoms with E-state index in [9.17, 15) is 4.39 Å². The third-order valence-corrected chi connectivity index (χ3v) is 2.38. The summed E-state index contributed by atoms with van der Waals surface area (Å²) in [6.07, 6.45) is 1.79. The molecule has 0 aliphatic carbocycles. The maximum Gasteiger partial charge on any atom is 0.142 e. The first-order valence-corrected chi connectivity index (χ1v) is 4.74. The van der Waals surface area contributed by atoms with Crippen LogP contribution in [0.3, 0.4) is 0 Å². The van der Waals surface area contributed by atoms with Crippen molar-refractivity contribution in [3.05, 3.63) is 34.6 Å². The molecule has 14 heavy (non-hydrogen) atoms. The third-order valence-electron chi connectivity index (χ3n) is 1.98. The van der Waals surface area contributed by atoms with E-state index in [1.54, 1.807) is 12.1 Å². The Hall–Kier alpha value is -0.310. The molecule has 1 nitrogen and oxygen atoms in total. The lowest BCUT2D eigenvalue weighted by atomic mass is 10.0. The van der Waals surface area contributed by atoms with Crippen molar-refractivity contribution in [2.45, 2.75) is 25.8 Å². The topological polar surface area (TPSA) is 26.0 Å². The van der Waals surface area contributed by atoms with E-state index in [4.69, 9.17) is 17.3 Å². The number of halogens is 3. The molecule has 0 aliphatic rings. The summed E-state index contributed by atoms with van der Waals surface area (Å²) in [6, 6.07) is 4.58. The van der Waals surface area contributed by atoms with E-state index in [1.807, 2.05) is 6.92 Å². The molecule has 0 saturated heterocycles. The van der Waals surface area contributed by atoms with Crippen LogP contribution in [0, 0.1) is 5.82 Å². The van der Waals surface area contributed by atoms with Crippen LogP contribution in [0.5, 0.6) is 0 Å². The van der Waals surface area contributed by atoms with Gasteiger partial charge in [0.1, 0.15) is 5.82 Å². The normalized spacial score (nSPS) is 12.0. The minimum Gasteiger partial charge on any atom is -0.324 e. The van der Waals surface area contributed by atoms with Gasteiger partial charge in [0, 0.05) is 6.04 Å². The molecule has 0 spiro atoms. The SMILES string of the molecule is CCC[C@@H](N)c1cccc(F)c1Cl.Cl. The van der Waals surface area contributed by atoms with Crippen LogP contribution >= 0.6 is 24.0 Å². The number of hydrogen-bond donors (Lipinski definition) is 1. The second-order valence-corrected chi connectivity index (χ2v) is 3.42. The summed E-state index contributed by atoms with van der Waals surface area (Å²) in [6.45, 7) is 2.03. The highest BCUT2D eigenvalue weighted by Crippen LogP contribution is 2.26. The second-order valence-electron chi connectivity index (χ2n) is 3.04. The summed E-state index contributed by atoms with van der Waals surface area (Å²) in [5.41, 5.74) is 6.52. The molecule has 1 rings (SSSR count). The minimum absolute atomic E-state index is 0. The van der Waals surface area contributed by atoms with Crippen molar-refractivity contribution in [3.63, 3.8) is 0 Å². The molecular weight excluding hydrogens is 224 g/mol. The van der Waals surface area contributed by atoms with E-state index in [-0.39, 0.29) is 23.5 Å². The van der Waals surface area contributed by atoms with Crippen LogP contribution in [-0.4, -0.2) is 0 Å². The summed E-state index contributed by atoms with van der Waals surface area (Å²) in [5, 5.41) is 0.156. The Morgan fingerprint density at radius 1 is 1.50 bits per heavy atom. The monoisotopic (exact) mass is 237 g/mol. The molecule has 0 fully saturated rings. The van der Waals surface area contributed by atoms with Gasteiger partial charge in [-0.25, -0.2) is 4.39 Å². The molecule has 0 heterocycles. The van der Waals surface area contributed by atoms with E-state index >= 15 is 0 Å². The molecule has 1 aromatic rings. The Bertz CT molecular complexity index is 291. The van der Waals surface area contributed by atoms with Crippen molar-refractivity contribution in [1.82, 2.24) is 0 Å². The predicted molar refractivity (Wildman–Crippen MR) is 60.5 cm³/mol. The summed E-state index contributed by atoms with van der Waals surface area (Å²) >= 11 is 5.77. The van der Waals surface area contributed by atoms with E-state index in [0.717, 1.165) is 12.8 Å². The van der Waals surface area contributed by atoms with Gasteiger partial charge in [0.25, 0.3) is 0 Å². The van der Waals surface area contributed by atoms with Gasteiger partial charge in [-0.15, -0.1) is 12.4 Å². The van der Waals surface area contributed by atoms with Crippen LogP contribution in [-0.2, 0) is 0 Å². The van der Waals surface area contributed by atoms with Crippen LogP contribution < -0.4 is 5.73 Å². The third kappa shape index (κ3) is 3.12. The Kier molecular flexibility index (Phi) is 6.09. The van der Waals surface area contributed by atoms with Gasteiger partial charge in [-0.3, -0.25) is 0 Å². The lowest BCUT2D eigenvalue weighted by Crippen LogP contribution is -2.10. The Balaban J connectivity index is 0.00000169. The van der Waals surface area contributed by atoms with Gasteiger partial charge in [-0.1, -0.05) is 37.1 Å². The van der Waals surface area contributed by atoms with E-state index in [2.05, 4.69) is 0 Å². The fraction of sp³-hybridized carbons (Fsp3) is 0.400. The lowest BCUT2D eigenvalue weighted by molar-refractivity contribution is 0.606. The van der Waals surface area contributed by atoms with Crippen LogP contribution in [0.25, 0.3) is 0 Å². The number of hydrogen-bond acceptors (Lipinski definition) is 1. The fourth-order valence-electron chi connectivity index (χ4n) is 1.27. The first-order chi connectivity index (χ1) is 6.16. The molecule has 0 aliphatic heterocycles. The van der Waals surface area contributed by atoms with Gasteiger partial charge in [-0.2, -0.15) is 0 Å². The molecular formula is C10H14Cl2FN. The predicted octanol–water partition coefficient (Wildman–Crippen LogP) is 3.70. The first kappa shape index (κ1) is 13.7. The molecule has 0 bridgehead atoms. The zero-order chi connectivity index (χ0) is 9.84. The molecule has 80 valence electrons. The van der Waals surface area contributed by atoms with Crippen molar-refractivity contribution in [3.8, 4) is 0 Å². The summed E-state index contributed by atoms with van der Waals surface area (Å²) in [4.78, 5) is 0. The average molecular weight is 238 g/mol. The van der Waals surface area contributed by atoms with Gasteiger partial charge in [0.15, 0.2) is 0 Å². The zero-order valence-electron chi connectivity index (χ0n) is 7.97. The molecule has 0 radical (unpaired) electrons. The highest BCUT2D eigenvalue weighted by atomic mass is 35.5. The van der Waals surface area contributed by atoms with E-state index in [1.165, 1.54) is 6.07 Å². The second kappa shape index (κ2) is 6.23. The summed E-state index contributed by atoms with van der Waals surface area (Å²) < 4.78 is 13.0. The summed E-state index contributed by atoms with van der Waals surface area (Å²) in [7, 11) is 0. The maximum atomic E-state index is 13.0. The van der Waals surface area contributed by atoms with E-state index < -0.39 is 5.82 Å².